The number of anilines is 1. The van der Waals surface area contributed by atoms with Gasteiger partial charge in [-0.2, -0.15) is 0 Å². The number of oxazole rings is 1. The molecule has 2 heterocycles. The third-order valence-corrected chi connectivity index (χ3v) is 4.58. The molecule has 0 aliphatic carbocycles. The molecule has 1 amide bonds. The van der Waals surface area contributed by atoms with Gasteiger partial charge in [-0.25, -0.2) is 9.97 Å². The molecule has 0 aliphatic rings. The van der Waals surface area contributed by atoms with E-state index in [0.717, 1.165) is 27.8 Å². The molecule has 6 heteroatoms. The Bertz CT molecular complexity index is 1170. The highest BCUT2D eigenvalue weighted by molar-refractivity contribution is 6.33. The summed E-state index contributed by atoms with van der Waals surface area (Å²) in [6, 6.07) is 14.8. The number of rotatable bonds is 3. The Morgan fingerprint density at radius 3 is 2.78 bits per heavy atom. The van der Waals surface area contributed by atoms with E-state index in [-0.39, 0.29) is 11.1 Å². The fourth-order valence-electron chi connectivity index (χ4n) is 2.80. The highest BCUT2D eigenvalue weighted by Gasteiger charge is 2.14. The second kappa shape index (κ2) is 6.85. The van der Waals surface area contributed by atoms with Gasteiger partial charge in [0.1, 0.15) is 10.7 Å². The van der Waals surface area contributed by atoms with Crippen molar-refractivity contribution in [3.05, 3.63) is 76.6 Å². The molecule has 0 spiro atoms. The minimum absolute atomic E-state index is 0.165. The number of carbonyl (C=O) groups excluding carboxylic acids is 1. The summed E-state index contributed by atoms with van der Waals surface area (Å²) >= 11 is 6.01. The van der Waals surface area contributed by atoms with Crippen molar-refractivity contribution in [3.8, 4) is 11.5 Å². The van der Waals surface area contributed by atoms with Crippen LogP contribution in [0.4, 0.5) is 5.69 Å². The number of hydrogen-bond donors (Lipinski definition) is 1. The number of halogens is 1. The van der Waals surface area contributed by atoms with E-state index in [1.165, 1.54) is 0 Å². The van der Waals surface area contributed by atoms with Crippen molar-refractivity contribution < 1.29 is 9.21 Å². The molecule has 27 heavy (non-hydrogen) atoms. The predicted octanol–water partition coefficient (Wildman–Crippen LogP) is 5.41. The van der Waals surface area contributed by atoms with Crippen molar-refractivity contribution in [3.63, 3.8) is 0 Å². The van der Waals surface area contributed by atoms with Crippen LogP contribution in [0.2, 0.25) is 5.15 Å². The predicted molar refractivity (Wildman–Crippen MR) is 106 cm³/mol. The number of carbonyl (C=O) groups is 1. The molecule has 0 bridgehead atoms. The molecular formula is C21H16ClN3O2. The Morgan fingerprint density at radius 2 is 1.96 bits per heavy atom. The molecule has 0 unspecified atom stereocenters. The van der Waals surface area contributed by atoms with Gasteiger partial charge in [-0.3, -0.25) is 4.79 Å². The highest BCUT2D eigenvalue weighted by atomic mass is 35.5. The van der Waals surface area contributed by atoms with Gasteiger partial charge in [0.15, 0.2) is 5.58 Å². The van der Waals surface area contributed by atoms with E-state index >= 15 is 0 Å². The minimum atomic E-state index is -0.318. The van der Waals surface area contributed by atoms with Crippen LogP contribution in [-0.4, -0.2) is 15.9 Å². The lowest BCUT2D eigenvalue weighted by atomic mass is 10.1. The molecule has 0 fully saturated rings. The van der Waals surface area contributed by atoms with Gasteiger partial charge in [0.05, 0.1) is 5.56 Å². The first-order chi connectivity index (χ1) is 13.0. The number of benzene rings is 2. The van der Waals surface area contributed by atoms with Crippen LogP contribution in [0.3, 0.4) is 0 Å². The van der Waals surface area contributed by atoms with E-state index in [9.17, 15) is 4.79 Å². The lowest BCUT2D eigenvalue weighted by molar-refractivity contribution is 0.102. The van der Waals surface area contributed by atoms with Gasteiger partial charge in [-0.05, 0) is 61.4 Å². The molecule has 0 atom stereocenters. The maximum atomic E-state index is 12.5. The monoisotopic (exact) mass is 377 g/mol. The molecule has 0 saturated heterocycles. The van der Waals surface area contributed by atoms with E-state index in [2.05, 4.69) is 15.3 Å². The van der Waals surface area contributed by atoms with Gasteiger partial charge in [0.25, 0.3) is 5.91 Å². The fourth-order valence-corrected chi connectivity index (χ4v) is 3.00. The van der Waals surface area contributed by atoms with Gasteiger partial charge < -0.3 is 9.73 Å². The number of aromatic nitrogens is 2. The summed E-state index contributed by atoms with van der Waals surface area (Å²) in [4.78, 5) is 21.0. The first kappa shape index (κ1) is 17.2. The average molecular weight is 378 g/mol. The summed E-state index contributed by atoms with van der Waals surface area (Å²) < 4.78 is 5.86. The number of hydrogen-bond acceptors (Lipinski definition) is 4. The van der Waals surface area contributed by atoms with Crippen molar-refractivity contribution in [2.45, 2.75) is 13.8 Å². The number of amides is 1. The Labute approximate surface area is 161 Å². The zero-order valence-electron chi connectivity index (χ0n) is 14.8. The molecule has 0 radical (unpaired) electrons. The number of nitrogens with one attached hydrogen (secondary N) is 1. The smallest absolute Gasteiger partial charge is 0.258 e. The Morgan fingerprint density at radius 1 is 1.11 bits per heavy atom. The highest BCUT2D eigenvalue weighted by Crippen LogP contribution is 2.29. The van der Waals surface area contributed by atoms with Gasteiger partial charge in [0.2, 0.25) is 5.89 Å². The largest absolute Gasteiger partial charge is 0.436 e. The lowest BCUT2D eigenvalue weighted by Gasteiger charge is -2.10. The second-order valence-electron chi connectivity index (χ2n) is 6.32. The zero-order chi connectivity index (χ0) is 19.0. The molecule has 0 aliphatic heterocycles. The first-order valence-corrected chi connectivity index (χ1v) is 8.79. The Kier molecular flexibility index (Phi) is 4.38. The molecule has 2 aromatic heterocycles. The normalized spacial score (nSPS) is 10.9. The maximum Gasteiger partial charge on any atom is 0.258 e. The topological polar surface area (TPSA) is 68.0 Å². The second-order valence-corrected chi connectivity index (χ2v) is 6.67. The molecule has 5 nitrogen and oxygen atoms in total. The van der Waals surface area contributed by atoms with Crippen molar-refractivity contribution >= 4 is 34.3 Å². The molecule has 2 aromatic carbocycles. The molecule has 1 N–H and O–H groups in total. The fraction of sp³-hybridized carbons (Fsp3) is 0.0952. The third kappa shape index (κ3) is 3.41. The summed E-state index contributed by atoms with van der Waals surface area (Å²) in [5.74, 6) is 0.187. The van der Waals surface area contributed by atoms with Crippen LogP contribution < -0.4 is 5.32 Å². The number of fused-ring (bicyclic) bond motifs is 1. The van der Waals surface area contributed by atoms with Crippen LogP contribution in [0, 0.1) is 13.8 Å². The van der Waals surface area contributed by atoms with Gasteiger partial charge >= 0.3 is 0 Å². The van der Waals surface area contributed by atoms with Crippen molar-refractivity contribution in [1.82, 2.24) is 9.97 Å². The molecule has 4 rings (SSSR count). The summed E-state index contributed by atoms with van der Waals surface area (Å²) in [6.45, 7) is 3.93. The van der Waals surface area contributed by atoms with E-state index in [0.29, 0.717) is 17.1 Å². The first-order valence-electron chi connectivity index (χ1n) is 8.41. The lowest BCUT2D eigenvalue weighted by Crippen LogP contribution is -2.13. The quantitative estimate of drug-likeness (QED) is 0.484. The Hall–Kier alpha value is -3.18. The number of aryl methyl sites for hydroxylation is 2. The Balaban J connectivity index is 1.68. The van der Waals surface area contributed by atoms with E-state index in [4.69, 9.17) is 16.0 Å². The maximum absolute atomic E-state index is 12.5. The van der Waals surface area contributed by atoms with Crippen molar-refractivity contribution in [2.75, 3.05) is 5.32 Å². The number of nitrogens with zero attached hydrogens (tertiary/aromatic N) is 2. The summed E-state index contributed by atoms with van der Waals surface area (Å²) in [6.07, 6.45) is 1.54. The van der Waals surface area contributed by atoms with E-state index in [1.54, 1.807) is 18.3 Å². The van der Waals surface area contributed by atoms with Crippen LogP contribution >= 0.6 is 11.6 Å². The van der Waals surface area contributed by atoms with E-state index < -0.39 is 0 Å². The summed E-state index contributed by atoms with van der Waals surface area (Å²) in [7, 11) is 0. The van der Waals surface area contributed by atoms with Gasteiger partial charge in [0, 0.05) is 17.4 Å². The molecular weight excluding hydrogens is 362 g/mol. The molecule has 0 saturated carbocycles. The summed E-state index contributed by atoms with van der Waals surface area (Å²) in [5.41, 5.74) is 5.33. The van der Waals surface area contributed by atoms with Crippen LogP contribution in [0.1, 0.15) is 21.5 Å². The van der Waals surface area contributed by atoms with E-state index in [1.807, 2.05) is 50.2 Å². The van der Waals surface area contributed by atoms with Crippen LogP contribution in [0.15, 0.2) is 59.1 Å². The van der Waals surface area contributed by atoms with Crippen LogP contribution in [0.5, 0.6) is 0 Å². The van der Waals surface area contributed by atoms with Crippen molar-refractivity contribution in [1.29, 1.82) is 0 Å². The van der Waals surface area contributed by atoms with Gasteiger partial charge in [-0.15, -0.1) is 0 Å². The van der Waals surface area contributed by atoms with Crippen molar-refractivity contribution in [2.24, 2.45) is 0 Å². The SMILES string of the molecule is Cc1ccc2oc(-c3ccc(C)c(NC(=O)c4cccnc4Cl)c3)nc2c1. The molecule has 4 aromatic rings. The number of pyridine rings is 1. The minimum Gasteiger partial charge on any atom is -0.436 e. The van der Waals surface area contributed by atoms with Gasteiger partial charge in [-0.1, -0.05) is 23.7 Å². The third-order valence-electron chi connectivity index (χ3n) is 4.28. The van der Waals surface area contributed by atoms with Crippen LogP contribution in [0.25, 0.3) is 22.6 Å². The zero-order valence-corrected chi connectivity index (χ0v) is 15.5. The molecule has 134 valence electrons. The van der Waals surface area contributed by atoms with Crippen LogP contribution in [-0.2, 0) is 0 Å². The standard InChI is InChI=1S/C21H16ClN3O2/c1-12-5-8-18-17(10-12)25-21(27-18)14-7-6-13(2)16(11-14)24-20(26)15-4-3-9-23-19(15)22/h3-11H,1-2H3,(H,24,26). The average Bonchev–Trinajstić information content (AvgIpc) is 3.07. The summed E-state index contributed by atoms with van der Waals surface area (Å²) in [5, 5.41) is 3.05.